The van der Waals surface area contributed by atoms with Crippen LogP contribution in [-0.4, -0.2) is 0 Å². The van der Waals surface area contributed by atoms with Crippen molar-refractivity contribution in [3.63, 3.8) is 0 Å². The Kier molecular flexibility index (Phi) is 3.60. The molecule has 0 saturated heterocycles. The molecule has 1 aromatic carbocycles. The fraction of sp³-hybridized carbons (Fsp3) is 0.143. The Morgan fingerprint density at radius 1 is 1.18 bits per heavy atom. The van der Waals surface area contributed by atoms with Gasteiger partial charge in [-0.25, -0.2) is 0 Å². The fourth-order valence-electron chi connectivity index (χ4n) is 0.864. The van der Waals surface area contributed by atoms with Gasteiger partial charge in [0.1, 0.15) is 0 Å². The van der Waals surface area contributed by atoms with Crippen LogP contribution in [0.4, 0.5) is 8.78 Å². The normalized spacial score (nSPS) is 9.36. The van der Waals surface area contributed by atoms with Gasteiger partial charge in [0.2, 0.25) is 0 Å². The predicted octanol–water partition coefficient (Wildman–Crippen LogP) is 2.86. The second kappa shape index (κ2) is 4.27. The minimum atomic E-state index is -0.706. The third-order valence-corrected chi connectivity index (χ3v) is 4.97. The summed E-state index contributed by atoms with van der Waals surface area (Å²) in [4.78, 5) is 0. The van der Waals surface area contributed by atoms with Crippen LogP contribution in [-0.2, 0) is 20.2 Å². The van der Waals surface area contributed by atoms with Crippen LogP contribution < -0.4 is 0 Å². The van der Waals surface area contributed by atoms with Crippen LogP contribution in [0.5, 0.6) is 0 Å². The fourth-order valence-corrected chi connectivity index (χ4v) is 4.31. The SMILES string of the molecule is Fc1cc(F)cc([CH2][Zn][Br])c1. The van der Waals surface area contributed by atoms with Crippen LogP contribution in [0.2, 0.25) is 0 Å². The number of benzene rings is 1. The summed E-state index contributed by atoms with van der Waals surface area (Å²) in [5.74, 6) is -0.966. The molecular weight excluding hydrogens is 267 g/mol. The average molecular weight is 272 g/mol. The second-order valence-electron chi connectivity index (χ2n) is 2.22. The Hall–Kier alpha value is 0.183. The number of halogens is 3. The van der Waals surface area contributed by atoms with Gasteiger partial charge >= 0.3 is 78.0 Å². The summed E-state index contributed by atoms with van der Waals surface area (Å²) in [6.07, 6.45) is 0. The van der Waals surface area contributed by atoms with Gasteiger partial charge in [0.15, 0.2) is 0 Å². The van der Waals surface area contributed by atoms with Gasteiger partial charge < -0.3 is 0 Å². The van der Waals surface area contributed by atoms with Gasteiger partial charge in [0.05, 0.1) is 0 Å². The Morgan fingerprint density at radius 3 is 2.18 bits per heavy atom. The van der Waals surface area contributed by atoms with E-state index in [1.807, 2.05) is 0 Å². The molecule has 4 heteroatoms. The zero-order valence-corrected chi connectivity index (χ0v) is 10.3. The van der Waals surface area contributed by atoms with Crippen molar-refractivity contribution in [1.82, 2.24) is 0 Å². The Bertz CT molecular complexity index is 232. The molecular formula is C7H5BrF2Zn. The Labute approximate surface area is 77.9 Å². The van der Waals surface area contributed by atoms with Gasteiger partial charge in [-0.15, -0.1) is 0 Å². The van der Waals surface area contributed by atoms with E-state index < -0.39 is 26.8 Å². The van der Waals surface area contributed by atoms with Crippen molar-refractivity contribution in [3.05, 3.63) is 35.4 Å². The van der Waals surface area contributed by atoms with E-state index in [2.05, 4.69) is 13.6 Å². The second-order valence-corrected chi connectivity index (χ2v) is 8.18. The van der Waals surface area contributed by atoms with E-state index in [9.17, 15) is 8.78 Å². The van der Waals surface area contributed by atoms with Crippen molar-refractivity contribution < 1.29 is 23.9 Å². The topological polar surface area (TPSA) is 0 Å². The molecule has 0 spiro atoms. The van der Waals surface area contributed by atoms with Crippen molar-refractivity contribution in [2.45, 2.75) is 5.02 Å². The van der Waals surface area contributed by atoms with Crippen LogP contribution in [0, 0.1) is 11.6 Å². The number of hydrogen-bond donors (Lipinski definition) is 0. The first-order valence-corrected chi connectivity index (χ1v) is 12.3. The molecule has 56 valence electrons. The first-order valence-electron chi connectivity index (χ1n) is 3.23. The molecule has 0 fully saturated rings. The number of hydrogen-bond acceptors (Lipinski definition) is 0. The zero-order chi connectivity index (χ0) is 8.27. The van der Waals surface area contributed by atoms with Crippen LogP contribution >= 0.6 is 13.6 Å². The maximum atomic E-state index is 12.5. The van der Waals surface area contributed by atoms with E-state index in [4.69, 9.17) is 0 Å². The summed E-state index contributed by atoms with van der Waals surface area (Å²) < 4.78 is 25.0. The molecule has 0 atom stereocenters. The van der Waals surface area contributed by atoms with Crippen LogP contribution in [0.1, 0.15) is 5.56 Å². The summed E-state index contributed by atoms with van der Waals surface area (Å²) in [7, 11) is 0. The molecule has 0 bridgehead atoms. The van der Waals surface area contributed by atoms with Gasteiger partial charge in [-0.1, -0.05) is 0 Å². The summed E-state index contributed by atoms with van der Waals surface area (Å²) in [5, 5.41) is 0.835. The molecule has 0 aromatic heterocycles. The first kappa shape index (κ1) is 9.27. The molecule has 0 aliphatic rings. The van der Waals surface area contributed by atoms with E-state index >= 15 is 0 Å². The standard InChI is InChI=1S/C7H5F2.BrH.Zn/c1-5-2-6(8)4-7(9)3-5;;/h2-4H,1H2;1H;/q;;+1/p-1. The molecule has 0 nitrogen and oxygen atoms in total. The third kappa shape index (κ3) is 2.96. The minimum absolute atomic E-state index is 0.483. The van der Waals surface area contributed by atoms with E-state index in [1.54, 1.807) is 0 Å². The summed E-state index contributed by atoms with van der Waals surface area (Å²) in [6, 6.07) is 3.66. The quantitative estimate of drug-likeness (QED) is 0.726. The van der Waals surface area contributed by atoms with Gasteiger partial charge in [0.25, 0.3) is 0 Å². The molecule has 11 heavy (non-hydrogen) atoms. The van der Waals surface area contributed by atoms with Gasteiger partial charge in [-0.3, -0.25) is 0 Å². The van der Waals surface area contributed by atoms with Gasteiger partial charge in [0, 0.05) is 0 Å². The Morgan fingerprint density at radius 2 is 1.73 bits per heavy atom. The zero-order valence-electron chi connectivity index (χ0n) is 5.78. The van der Waals surface area contributed by atoms with Crippen LogP contribution in [0.3, 0.4) is 0 Å². The monoisotopic (exact) mass is 270 g/mol. The molecule has 0 saturated carbocycles. The van der Waals surface area contributed by atoms with Crippen molar-refractivity contribution in [1.29, 1.82) is 0 Å². The molecule has 0 aliphatic carbocycles. The van der Waals surface area contributed by atoms with E-state index in [-0.39, 0.29) is 0 Å². The molecule has 1 rings (SSSR count). The Balaban J connectivity index is 2.89. The number of rotatable bonds is 2. The summed E-state index contributed by atoms with van der Waals surface area (Å²) in [6.45, 7) is 0. The van der Waals surface area contributed by atoms with E-state index in [0.717, 1.165) is 16.6 Å². The molecule has 0 heterocycles. The summed E-state index contributed by atoms with van der Waals surface area (Å²) >= 11 is 2.67. The third-order valence-electron chi connectivity index (χ3n) is 1.31. The van der Waals surface area contributed by atoms with Crippen molar-refractivity contribution in [3.8, 4) is 0 Å². The van der Waals surface area contributed by atoms with Crippen molar-refractivity contribution in [2.24, 2.45) is 0 Å². The molecule has 0 aliphatic heterocycles. The summed E-state index contributed by atoms with van der Waals surface area (Å²) in [5.41, 5.74) is 0.763. The van der Waals surface area contributed by atoms with Crippen LogP contribution in [0.25, 0.3) is 0 Å². The van der Waals surface area contributed by atoms with Crippen molar-refractivity contribution in [2.75, 3.05) is 0 Å². The first-order chi connectivity index (χ1) is 5.22. The molecule has 0 N–H and O–H groups in total. The molecule has 0 amide bonds. The molecule has 0 radical (unpaired) electrons. The maximum absolute atomic E-state index is 12.5. The molecule has 1 aromatic rings. The van der Waals surface area contributed by atoms with Crippen molar-refractivity contribution >= 4 is 13.6 Å². The average Bonchev–Trinajstić information content (AvgIpc) is 1.85. The predicted molar refractivity (Wildman–Crippen MR) is 39.0 cm³/mol. The van der Waals surface area contributed by atoms with Gasteiger partial charge in [-0.05, 0) is 0 Å². The molecule has 0 unspecified atom stereocenters. The van der Waals surface area contributed by atoms with Gasteiger partial charge in [-0.2, -0.15) is 0 Å². The van der Waals surface area contributed by atoms with Crippen LogP contribution in [0.15, 0.2) is 18.2 Å². The van der Waals surface area contributed by atoms with E-state index in [0.29, 0.717) is 0 Å². The van der Waals surface area contributed by atoms with E-state index in [1.165, 1.54) is 12.1 Å².